The van der Waals surface area contributed by atoms with Crippen LogP contribution in [-0.4, -0.2) is 43.3 Å². The lowest BCUT2D eigenvalue weighted by molar-refractivity contribution is 0.521. The number of nitrogens with zero attached hydrogens (tertiary/aromatic N) is 4. The normalized spacial score (nSPS) is 11.7. The van der Waals surface area contributed by atoms with Crippen LogP contribution >= 0.6 is 0 Å². The molecule has 0 bridgehead atoms. The van der Waals surface area contributed by atoms with Gasteiger partial charge in [-0.3, -0.25) is 0 Å². The molecule has 0 radical (unpaired) electrons. The first-order chi connectivity index (χ1) is 10.8. The molecule has 7 heteroatoms. The van der Waals surface area contributed by atoms with E-state index in [1.807, 2.05) is 31.7 Å². The van der Waals surface area contributed by atoms with Gasteiger partial charge in [-0.2, -0.15) is 0 Å². The van der Waals surface area contributed by atoms with Crippen molar-refractivity contribution in [1.29, 1.82) is 0 Å². The molecule has 0 aliphatic heterocycles. The lowest BCUT2D eigenvalue weighted by Gasteiger charge is -2.22. The molecule has 0 unspecified atom stereocenters. The predicted molar refractivity (Wildman–Crippen MR) is 91.5 cm³/mol. The first kappa shape index (κ1) is 17.4. The third-order valence-corrected chi connectivity index (χ3v) is 5.28. The number of rotatable bonds is 5. The molecule has 1 heterocycles. The van der Waals surface area contributed by atoms with Crippen molar-refractivity contribution in [2.24, 2.45) is 0 Å². The Kier molecular flexibility index (Phi) is 5.01. The molecule has 0 saturated heterocycles. The number of aryl methyl sites for hydroxylation is 2. The maximum Gasteiger partial charge on any atom is 0.242 e. The van der Waals surface area contributed by atoms with Crippen LogP contribution in [0.1, 0.15) is 18.3 Å². The molecule has 124 valence electrons. The van der Waals surface area contributed by atoms with Gasteiger partial charge in [0.25, 0.3) is 0 Å². The molecule has 2 aromatic rings. The van der Waals surface area contributed by atoms with E-state index in [4.69, 9.17) is 0 Å². The number of aromatic nitrogens is 2. The first-order valence-electron chi connectivity index (χ1n) is 7.38. The van der Waals surface area contributed by atoms with E-state index in [0.29, 0.717) is 12.5 Å². The van der Waals surface area contributed by atoms with Gasteiger partial charge in [0, 0.05) is 37.7 Å². The lowest BCUT2D eigenvalue weighted by atomic mass is 10.3. The van der Waals surface area contributed by atoms with E-state index in [2.05, 4.69) is 9.97 Å². The van der Waals surface area contributed by atoms with Crippen LogP contribution < -0.4 is 4.90 Å². The quantitative estimate of drug-likeness (QED) is 0.840. The Labute approximate surface area is 137 Å². The van der Waals surface area contributed by atoms with E-state index >= 15 is 0 Å². The molecule has 1 aromatic heterocycles. The van der Waals surface area contributed by atoms with Crippen molar-refractivity contribution in [3.8, 4) is 0 Å². The minimum absolute atomic E-state index is 0.267. The minimum atomic E-state index is -3.42. The molecule has 0 amide bonds. The highest BCUT2D eigenvalue weighted by Gasteiger charge is 2.18. The molecule has 2 rings (SSSR count). The summed E-state index contributed by atoms with van der Waals surface area (Å²) in [7, 11) is -0.383. The van der Waals surface area contributed by atoms with E-state index < -0.39 is 10.0 Å². The average molecular weight is 334 g/mol. The molecule has 0 atom stereocenters. The third kappa shape index (κ3) is 3.68. The summed E-state index contributed by atoms with van der Waals surface area (Å²) in [5.74, 6) is 0.619. The molecule has 0 aliphatic rings. The second kappa shape index (κ2) is 6.64. The van der Waals surface area contributed by atoms with Crippen molar-refractivity contribution in [3.63, 3.8) is 0 Å². The number of hydrogen-bond donors (Lipinski definition) is 0. The Bertz CT molecular complexity index is 766. The average Bonchev–Trinajstić information content (AvgIpc) is 2.47. The molecule has 6 nitrogen and oxygen atoms in total. The van der Waals surface area contributed by atoms with Gasteiger partial charge in [-0.25, -0.2) is 22.7 Å². The standard InChI is InChI=1S/C16H22N4O2S/c1-6-20(16-17-12(2)11-13(3)18-16)14-7-9-15(10-8-14)23(21,22)19(4)5/h7-11H,6H2,1-5H3. The lowest BCUT2D eigenvalue weighted by Crippen LogP contribution is -2.23. The summed E-state index contributed by atoms with van der Waals surface area (Å²) in [6.07, 6.45) is 0. The largest absolute Gasteiger partial charge is 0.311 e. The molecular formula is C16H22N4O2S. The van der Waals surface area contributed by atoms with Crippen LogP contribution in [0, 0.1) is 13.8 Å². The Morgan fingerprint density at radius 2 is 1.52 bits per heavy atom. The van der Waals surface area contributed by atoms with Crippen molar-refractivity contribution in [2.45, 2.75) is 25.7 Å². The van der Waals surface area contributed by atoms with Crippen LogP contribution in [0.4, 0.5) is 11.6 Å². The third-order valence-electron chi connectivity index (χ3n) is 3.46. The van der Waals surface area contributed by atoms with Gasteiger partial charge < -0.3 is 4.90 Å². The van der Waals surface area contributed by atoms with Gasteiger partial charge in [0.05, 0.1) is 4.90 Å². The van der Waals surface area contributed by atoms with Crippen LogP contribution in [0.25, 0.3) is 0 Å². The number of hydrogen-bond acceptors (Lipinski definition) is 5. The molecule has 0 fully saturated rings. The molecule has 0 saturated carbocycles. The number of benzene rings is 1. The van der Waals surface area contributed by atoms with Gasteiger partial charge in [-0.05, 0) is 51.1 Å². The highest BCUT2D eigenvalue weighted by Crippen LogP contribution is 2.24. The second-order valence-corrected chi connectivity index (χ2v) is 7.63. The SMILES string of the molecule is CCN(c1ccc(S(=O)(=O)N(C)C)cc1)c1nc(C)cc(C)n1. The fourth-order valence-electron chi connectivity index (χ4n) is 2.28. The summed E-state index contributed by atoms with van der Waals surface area (Å²) in [6, 6.07) is 8.69. The topological polar surface area (TPSA) is 66.4 Å². The van der Waals surface area contributed by atoms with Crippen molar-refractivity contribution in [1.82, 2.24) is 14.3 Å². The molecule has 0 N–H and O–H groups in total. The van der Waals surface area contributed by atoms with Crippen LogP contribution in [0.5, 0.6) is 0 Å². The van der Waals surface area contributed by atoms with Gasteiger partial charge in [0.1, 0.15) is 0 Å². The summed E-state index contributed by atoms with van der Waals surface area (Å²) < 4.78 is 25.5. The second-order valence-electron chi connectivity index (χ2n) is 5.48. The zero-order valence-corrected chi connectivity index (χ0v) is 14.9. The fraction of sp³-hybridized carbons (Fsp3) is 0.375. The number of anilines is 2. The Morgan fingerprint density at radius 3 is 1.96 bits per heavy atom. The number of sulfonamides is 1. The monoisotopic (exact) mass is 334 g/mol. The van der Waals surface area contributed by atoms with Crippen molar-refractivity contribution in [2.75, 3.05) is 25.5 Å². The van der Waals surface area contributed by atoms with Crippen LogP contribution in [0.3, 0.4) is 0 Å². The van der Waals surface area contributed by atoms with Crippen molar-refractivity contribution >= 4 is 21.7 Å². The van der Waals surface area contributed by atoms with Gasteiger partial charge in [0.2, 0.25) is 16.0 Å². The molecule has 0 spiro atoms. The van der Waals surface area contributed by atoms with Gasteiger partial charge in [-0.1, -0.05) is 0 Å². The van der Waals surface area contributed by atoms with Gasteiger partial charge >= 0.3 is 0 Å². The first-order valence-corrected chi connectivity index (χ1v) is 8.82. The fourth-order valence-corrected chi connectivity index (χ4v) is 3.18. The van der Waals surface area contributed by atoms with E-state index in [1.165, 1.54) is 18.4 Å². The molecule has 1 aromatic carbocycles. The van der Waals surface area contributed by atoms with Gasteiger partial charge in [0.15, 0.2) is 0 Å². The van der Waals surface area contributed by atoms with Crippen molar-refractivity contribution in [3.05, 3.63) is 41.7 Å². The highest BCUT2D eigenvalue weighted by atomic mass is 32.2. The van der Waals surface area contributed by atoms with Gasteiger partial charge in [-0.15, -0.1) is 0 Å². The van der Waals surface area contributed by atoms with Crippen LogP contribution in [0.2, 0.25) is 0 Å². The van der Waals surface area contributed by atoms with E-state index in [9.17, 15) is 8.42 Å². The summed E-state index contributed by atoms with van der Waals surface area (Å²) in [5.41, 5.74) is 2.66. The van der Waals surface area contributed by atoms with Crippen molar-refractivity contribution < 1.29 is 8.42 Å². The predicted octanol–water partition coefficient (Wildman–Crippen LogP) is 2.50. The van der Waals surface area contributed by atoms with E-state index in [-0.39, 0.29) is 4.90 Å². The summed E-state index contributed by atoms with van der Waals surface area (Å²) >= 11 is 0. The Hall–Kier alpha value is -1.99. The maximum atomic E-state index is 12.1. The zero-order valence-electron chi connectivity index (χ0n) is 14.1. The van der Waals surface area contributed by atoms with E-state index in [1.54, 1.807) is 24.3 Å². The maximum absolute atomic E-state index is 12.1. The highest BCUT2D eigenvalue weighted by molar-refractivity contribution is 7.89. The molecule has 0 aliphatic carbocycles. The smallest absolute Gasteiger partial charge is 0.242 e. The van der Waals surface area contributed by atoms with Crippen LogP contribution in [-0.2, 0) is 10.0 Å². The Morgan fingerprint density at radius 1 is 1.00 bits per heavy atom. The minimum Gasteiger partial charge on any atom is -0.311 e. The molecule has 23 heavy (non-hydrogen) atoms. The Balaban J connectivity index is 2.40. The summed E-state index contributed by atoms with van der Waals surface area (Å²) in [5, 5.41) is 0. The summed E-state index contributed by atoms with van der Waals surface area (Å²) in [4.78, 5) is 11.2. The zero-order chi connectivity index (χ0) is 17.2. The van der Waals surface area contributed by atoms with E-state index in [0.717, 1.165) is 17.1 Å². The summed E-state index contributed by atoms with van der Waals surface area (Å²) in [6.45, 7) is 6.55. The molecular weight excluding hydrogens is 312 g/mol. The van der Waals surface area contributed by atoms with Crippen LogP contribution in [0.15, 0.2) is 35.2 Å².